The van der Waals surface area contributed by atoms with Gasteiger partial charge in [-0.15, -0.1) is 0 Å². The number of hydrogen-bond acceptors (Lipinski definition) is 3. The highest BCUT2D eigenvalue weighted by Crippen LogP contribution is 2.27. The van der Waals surface area contributed by atoms with Crippen LogP contribution in [0.3, 0.4) is 0 Å². The van der Waals surface area contributed by atoms with Gasteiger partial charge in [-0.1, -0.05) is 0 Å². The third-order valence-electron chi connectivity index (χ3n) is 4.04. The number of nitrogens with one attached hydrogen (secondary N) is 1. The highest BCUT2D eigenvalue weighted by Gasteiger charge is 2.31. The summed E-state index contributed by atoms with van der Waals surface area (Å²) in [5, 5.41) is 0. The number of fused-ring (bicyclic) bond motifs is 1. The number of quaternary nitrogens is 1. The molecule has 4 nitrogen and oxygen atoms in total. The summed E-state index contributed by atoms with van der Waals surface area (Å²) in [6.45, 7) is 2.26. The fourth-order valence-electron chi connectivity index (χ4n) is 2.91. The highest BCUT2D eigenvalue weighted by molar-refractivity contribution is 5.75. The maximum absolute atomic E-state index is 5.47. The van der Waals surface area contributed by atoms with E-state index in [1.54, 1.807) is 6.26 Å². The van der Waals surface area contributed by atoms with Crippen LogP contribution < -0.4 is 10.0 Å². The van der Waals surface area contributed by atoms with Crippen molar-refractivity contribution in [3.8, 4) is 0 Å². The van der Waals surface area contributed by atoms with Crippen molar-refractivity contribution in [3.63, 3.8) is 0 Å². The van der Waals surface area contributed by atoms with Crippen molar-refractivity contribution >= 4 is 16.8 Å². The monoisotopic (exact) mass is 246 g/mol. The number of nitrogens with zero attached hydrogens (tertiary/aromatic N) is 2. The Labute approximate surface area is 107 Å². The third kappa shape index (κ3) is 1.91. The van der Waals surface area contributed by atoms with Gasteiger partial charge < -0.3 is 4.42 Å². The minimum atomic E-state index is 0.823. The van der Waals surface area contributed by atoms with E-state index in [0.717, 1.165) is 28.8 Å². The predicted octanol–water partition coefficient (Wildman–Crippen LogP) is 2.84. The molecule has 0 spiro atoms. The van der Waals surface area contributed by atoms with Crippen molar-refractivity contribution in [2.75, 3.05) is 20.1 Å². The Kier molecular flexibility index (Phi) is 3.06. The van der Waals surface area contributed by atoms with Crippen LogP contribution in [0.25, 0.3) is 11.1 Å². The van der Waals surface area contributed by atoms with Gasteiger partial charge >= 0.3 is 0 Å². The van der Waals surface area contributed by atoms with Crippen molar-refractivity contribution in [3.05, 3.63) is 24.6 Å². The zero-order chi connectivity index (χ0) is 12.4. The Balaban J connectivity index is 2.02. The Morgan fingerprint density at radius 3 is 2.72 bits per heavy atom. The number of aromatic nitrogens is 1. The molecule has 2 aromatic heterocycles. The Morgan fingerprint density at radius 2 is 2.00 bits per heavy atom. The molecule has 0 amide bonds. The van der Waals surface area contributed by atoms with Crippen molar-refractivity contribution in [1.29, 1.82) is 0 Å². The van der Waals surface area contributed by atoms with Crippen molar-refractivity contribution in [2.45, 2.75) is 25.7 Å². The van der Waals surface area contributed by atoms with Gasteiger partial charge in [0.2, 0.25) is 0 Å². The molecule has 3 heterocycles. The van der Waals surface area contributed by atoms with E-state index in [-0.39, 0.29) is 0 Å². The number of furan rings is 1. The van der Waals surface area contributed by atoms with Gasteiger partial charge in [0.05, 0.1) is 12.5 Å². The van der Waals surface area contributed by atoms with Crippen LogP contribution in [0.5, 0.6) is 0 Å². The Bertz CT molecular complexity index is 527. The molecule has 0 aliphatic carbocycles. The molecule has 0 bridgehead atoms. The summed E-state index contributed by atoms with van der Waals surface area (Å²) in [7, 11) is 2.04. The predicted molar refractivity (Wildman–Crippen MR) is 73.1 cm³/mol. The average Bonchev–Trinajstić information content (AvgIpc) is 2.74. The summed E-state index contributed by atoms with van der Waals surface area (Å²) in [5.74, 6) is 0. The average molecular weight is 246 g/mol. The second-order valence-corrected chi connectivity index (χ2v) is 5.05. The van der Waals surface area contributed by atoms with E-state index in [0.29, 0.717) is 0 Å². The van der Waals surface area contributed by atoms with Crippen LogP contribution in [0, 0.1) is 0 Å². The van der Waals surface area contributed by atoms with Gasteiger partial charge in [-0.05, 0) is 25.7 Å². The molecule has 18 heavy (non-hydrogen) atoms. The molecule has 1 aliphatic heterocycles. The fourth-order valence-corrected chi connectivity index (χ4v) is 2.91. The maximum Gasteiger partial charge on any atom is 0.174 e. The lowest BCUT2D eigenvalue weighted by atomic mass is 10.2. The Morgan fingerprint density at radius 1 is 1.22 bits per heavy atom. The van der Waals surface area contributed by atoms with E-state index in [1.807, 2.05) is 19.3 Å². The topological polar surface area (TPSA) is 38.1 Å². The Hall–Kier alpha value is -1.39. The molecule has 0 aromatic carbocycles. The molecule has 2 aromatic rings. The van der Waals surface area contributed by atoms with Crippen LogP contribution in [0.1, 0.15) is 25.7 Å². The molecule has 96 valence electrons. The van der Waals surface area contributed by atoms with Crippen LogP contribution in [-0.4, -0.2) is 25.1 Å². The minimum Gasteiger partial charge on any atom is -0.462 e. The molecule has 1 saturated heterocycles. The molecule has 0 atom stereocenters. The van der Waals surface area contributed by atoms with Gasteiger partial charge in [-0.3, -0.25) is 0 Å². The van der Waals surface area contributed by atoms with Crippen molar-refractivity contribution < 1.29 is 4.42 Å². The van der Waals surface area contributed by atoms with E-state index in [2.05, 4.69) is 16.5 Å². The summed E-state index contributed by atoms with van der Waals surface area (Å²) in [6.07, 6.45) is 8.87. The van der Waals surface area contributed by atoms with E-state index in [4.69, 9.17) is 4.42 Å². The second-order valence-electron chi connectivity index (χ2n) is 5.05. The van der Waals surface area contributed by atoms with E-state index in [9.17, 15) is 0 Å². The number of rotatable bonds is 2. The van der Waals surface area contributed by atoms with Crippen LogP contribution >= 0.6 is 0 Å². The lowest BCUT2D eigenvalue weighted by Gasteiger charge is -2.34. The van der Waals surface area contributed by atoms with Gasteiger partial charge in [-0.2, -0.15) is 5.43 Å². The lowest BCUT2D eigenvalue weighted by Crippen LogP contribution is -2.58. The lowest BCUT2D eigenvalue weighted by molar-refractivity contribution is 0.216. The number of hydrogen-bond donors (Lipinski definition) is 1. The summed E-state index contributed by atoms with van der Waals surface area (Å²) >= 11 is 0. The third-order valence-corrected chi connectivity index (χ3v) is 4.04. The molecule has 0 saturated carbocycles. The fraction of sp³-hybridized carbons (Fsp3) is 0.500. The first-order valence-corrected chi connectivity index (χ1v) is 6.74. The SMILES string of the molecule is CN[N+]1(c2cnc3ccoc3c2)CCCCCC1. The van der Waals surface area contributed by atoms with Gasteiger partial charge in [-0.25, -0.2) is 9.58 Å². The van der Waals surface area contributed by atoms with E-state index in [1.165, 1.54) is 31.4 Å². The largest absolute Gasteiger partial charge is 0.462 e. The van der Waals surface area contributed by atoms with Gasteiger partial charge in [0.25, 0.3) is 0 Å². The first-order chi connectivity index (χ1) is 8.84. The quantitative estimate of drug-likeness (QED) is 0.828. The molecule has 0 unspecified atom stereocenters. The summed E-state index contributed by atoms with van der Waals surface area (Å²) in [4.78, 5) is 4.49. The number of pyridine rings is 1. The summed E-state index contributed by atoms with van der Waals surface area (Å²) in [5.41, 5.74) is 6.51. The van der Waals surface area contributed by atoms with Crippen molar-refractivity contribution in [1.82, 2.24) is 15.0 Å². The molecule has 1 aliphatic rings. The van der Waals surface area contributed by atoms with Gasteiger partial charge in [0.1, 0.15) is 18.6 Å². The second kappa shape index (κ2) is 4.71. The van der Waals surface area contributed by atoms with E-state index >= 15 is 0 Å². The molecular weight excluding hydrogens is 226 g/mol. The summed E-state index contributed by atoms with van der Waals surface area (Å²) in [6, 6.07) is 4.04. The molecule has 4 heteroatoms. The molecule has 3 rings (SSSR count). The smallest absolute Gasteiger partial charge is 0.174 e. The highest BCUT2D eigenvalue weighted by atomic mass is 16.3. The maximum atomic E-state index is 5.47. The van der Waals surface area contributed by atoms with Crippen LogP contribution in [0.4, 0.5) is 5.69 Å². The van der Waals surface area contributed by atoms with E-state index < -0.39 is 0 Å². The molecule has 0 radical (unpaired) electrons. The van der Waals surface area contributed by atoms with Crippen LogP contribution in [-0.2, 0) is 0 Å². The molecular formula is C14H20N3O+. The van der Waals surface area contributed by atoms with Crippen LogP contribution in [0.15, 0.2) is 29.0 Å². The molecule has 1 N–H and O–H groups in total. The van der Waals surface area contributed by atoms with Crippen molar-refractivity contribution in [2.24, 2.45) is 0 Å². The van der Waals surface area contributed by atoms with Gasteiger partial charge in [0, 0.05) is 19.2 Å². The first kappa shape index (κ1) is 11.7. The zero-order valence-corrected chi connectivity index (χ0v) is 10.9. The van der Waals surface area contributed by atoms with Gasteiger partial charge in [0.15, 0.2) is 11.3 Å². The summed E-state index contributed by atoms with van der Waals surface area (Å²) < 4.78 is 6.29. The molecule has 1 fully saturated rings. The standard InChI is InChI=1S/C14H20N3O/c1-15-17(7-4-2-3-5-8-17)12-10-14-13(16-11-12)6-9-18-14/h6,9-11,15H,2-5,7-8H2,1H3/q+1. The minimum absolute atomic E-state index is 0.823. The first-order valence-electron chi connectivity index (χ1n) is 6.74. The zero-order valence-electron chi connectivity index (χ0n) is 10.9. The normalized spacial score (nSPS) is 19.8. The van der Waals surface area contributed by atoms with Crippen LogP contribution in [0.2, 0.25) is 0 Å².